The van der Waals surface area contributed by atoms with E-state index in [0.717, 1.165) is 0 Å². The first kappa shape index (κ1) is 15.0. The molecule has 19 heavy (non-hydrogen) atoms. The van der Waals surface area contributed by atoms with Crippen molar-refractivity contribution >= 4 is 12.0 Å². The fourth-order valence-electron chi connectivity index (χ4n) is 1.41. The van der Waals surface area contributed by atoms with Gasteiger partial charge in [-0.2, -0.15) is 0 Å². The highest BCUT2D eigenvalue weighted by Gasteiger charge is 2.23. The van der Waals surface area contributed by atoms with Crippen molar-refractivity contribution in [2.24, 2.45) is 5.84 Å². The Hall–Kier alpha value is -2.02. The lowest BCUT2D eigenvalue weighted by Crippen LogP contribution is -2.38. The highest BCUT2D eigenvalue weighted by molar-refractivity contribution is 5.77. The zero-order valence-corrected chi connectivity index (χ0v) is 11.2. The fraction of sp³-hybridized carbons (Fsp3) is 0.500. The van der Waals surface area contributed by atoms with Crippen molar-refractivity contribution in [3.8, 4) is 0 Å². The maximum atomic E-state index is 11.7. The van der Waals surface area contributed by atoms with Crippen LogP contribution < -0.4 is 16.6 Å². The molecule has 106 valence electrons. The number of furan rings is 1. The molecule has 2 amide bonds. The standard InChI is InChI=1S/C12H19N3O4/c1-12(2,3)19-11(17)14-8(7-10(16)15-13)9-5-4-6-18-9/h4-6,8H,7,13H2,1-3H3,(H,14,17)(H,15,16). The molecule has 1 atom stereocenters. The number of amides is 2. The Morgan fingerprint density at radius 2 is 2.16 bits per heavy atom. The van der Waals surface area contributed by atoms with Crippen molar-refractivity contribution in [1.29, 1.82) is 0 Å². The minimum Gasteiger partial charge on any atom is -0.467 e. The second kappa shape index (κ2) is 6.24. The monoisotopic (exact) mass is 269 g/mol. The third-order valence-electron chi connectivity index (χ3n) is 2.13. The van der Waals surface area contributed by atoms with Crippen LogP contribution in [-0.4, -0.2) is 17.6 Å². The van der Waals surface area contributed by atoms with Gasteiger partial charge >= 0.3 is 6.09 Å². The number of hydrogen-bond donors (Lipinski definition) is 3. The van der Waals surface area contributed by atoms with E-state index in [1.807, 2.05) is 5.43 Å². The summed E-state index contributed by atoms with van der Waals surface area (Å²) in [5.74, 6) is 5.07. The van der Waals surface area contributed by atoms with E-state index in [4.69, 9.17) is 15.0 Å². The molecule has 1 unspecified atom stereocenters. The van der Waals surface area contributed by atoms with Crippen molar-refractivity contribution in [1.82, 2.24) is 10.7 Å². The van der Waals surface area contributed by atoms with Crippen LogP contribution in [0.3, 0.4) is 0 Å². The molecule has 0 bridgehead atoms. The third kappa shape index (κ3) is 5.43. The summed E-state index contributed by atoms with van der Waals surface area (Å²) in [7, 11) is 0. The summed E-state index contributed by atoms with van der Waals surface area (Å²) in [5.41, 5.74) is 1.39. The van der Waals surface area contributed by atoms with Crippen LogP contribution in [0, 0.1) is 0 Å². The van der Waals surface area contributed by atoms with E-state index in [1.165, 1.54) is 6.26 Å². The van der Waals surface area contributed by atoms with Gasteiger partial charge in [0.25, 0.3) is 0 Å². The van der Waals surface area contributed by atoms with Gasteiger partial charge in [-0.25, -0.2) is 10.6 Å². The maximum absolute atomic E-state index is 11.7. The van der Waals surface area contributed by atoms with Gasteiger partial charge in [0, 0.05) is 0 Å². The molecular weight excluding hydrogens is 250 g/mol. The summed E-state index contributed by atoms with van der Waals surface area (Å²) >= 11 is 0. The van der Waals surface area contributed by atoms with E-state index in [2.05, 4.69) is 5.32 Å². The van der Waals surface area contributed by atoms with Gasteiger partial charge in [-0.05, 0) is 32.9 Å². The fourth-order valence-corrected chi connectivity index (χ4v) is 1.41. The third-order valence-corrected chi connectivity index (χ3v) is 2.13. The predicted octanol–water partition coefficient (Wildman–Crippen LogP) is 1.23. The Labute approximate surface area is 111 Å². The van der Waals surface area contributed by atoms with Crippen LogP contribution >= 0.6 is 0 Å². The minimum absolute atomic E-state index is 0.0384. The Kier molecular flexibility index (Phi) is 4.94. The molecule has 0 fully saturated rings. The topological polar surface area (TPSA) is 107 Å². The summed E-state index contributed by atoms with van der Waals surface area (Å²) in [6.45, 7) is 5.25. The molecule has 1 aromatic rings. The molecule has 7 nitrogen and oxygen atoms in total. The molecule has 1 heterocycles. The van der Waals surface area contributed by atoms with Crippen LogP contribution in [0.15, 0.2) is 22.8 Å². The Balaban J connectivity index is 2.70. The first-order chi connectivity index (χ1) is 8.81. The van der Waals surface area contributed by atoms with Gasteiger partial charge in [-0.15, -0.1) is 0 Å². The smallest absolute Gasteiger partial charge is 0.408 e. The Morgan fingerprint density at radius 3 is 2.63 bits per heavy atom. The van der Waals surface area contributed by atoms with Gasteiger partial charge < -0.3 is 14.5 Å². The van der Waals surface area contributed by atoms with Crippen LogP contribution in [-0.2, 0) is 9.53 Å². The maximum Gasteiger partial charge on any atom is 0.408 e. The average molecular weight is 269 g/mol. The predicted molar refractivity (Wildman–Crippen MR) is 67.8 cm³/mol. The molecule has 0 saturated heterocycles. The molecule has 4 N–H and O–H groups in total. The number of carbonyl (C=O) groups is 2. The van der Waals surface area contributed by atoms with Gasteiger partial charge in [0.05, 0.1) is 18.7 Å². The highest BCUT2D eigenvalue weighted by Crippen LogP contribution is 2.18. The number of alkyl carbamates (subject to hydrolysis) is 1. The number of rotatable bonds is 4. The largest absolute Gasteiger partial charge is 0.467 e. The van der Waals surface area contributed by atoms with Crippen molar-refractivity contribution in [2.45, 2.75) is 38.8 Å². The quantitative estimate of drug-likeness (QED) is 0.433. The SMILES string of the molecule is CC(C)(C)OC(=O)NC(CC(=O)NN)c1ccco1. The number of carbonyl (C=O) groups excluding carboxylic acids is 2. The van der Waals surface area contributed by atoms with Gasteiger partial charge in [0.1, 0.15) is 11.4 Å². The van der Waals surface area contributed by atoms with Gasteiger partial charge in [-0.3, -0.25) is 10.2 Å². The lowest BCUT2D eigenvalue weighted by atomic mass is 10.1. The summed E-state index contributed by atoms with van der Waals surface area (Å²) in [6, 6.07) is 2.69. The normalized spacial score (nSPS) is 12.6. The zero-order chi connectivity index (χ0) is 14.5. The molecule has 0 aromatic carbocycles. The summed E-state index contributed by atoms with van der Waals surface area (Å²) in [6.07, 6.45) is 0.793. The van der Waals surface area contributed by atoms with Crippen molar-refractivity contribution in [3.63, 3.8) is 0 Å². The molecule has 7 heteroatoms. The molecular formula is C12H19N3O4. The molecule has 0 aliphatic rings. The van der Waals surface area contributed by atoms with Crippen LogP contribution in [0.4, 0.5) is 4.79 Å². The molecule has 0 radical (unpaired) electrons. The second-order valence-electron chi connectivity index (χ2n) is 4.99. The van der Waals surface area contributed by atoms with E-state index < -0.39 is 23.6 Å². The van der Waals surface area contributed by atoms with Crippen molar-refractivity contribution in [3.05, 3.63) is 24.2 Å². The Morgan fingerprint density at radius 1 is 1.47 bits per heavy atom. The summed E-state index contributed by atoms with van der Waals surface area (Å²) in [5, 5.41) is 2.57. The molecule has 0 spiro atoms. The van der Waals surface area contributed by atoms with Gasteiger partial charge in [-0.1, -0.05) is 0 Å². The van der Waals surface area contributed by atoms with Crippen molar-refractivity contribution in [2.75, 3.05) is 0 Å². The minimum atomic E-state index is -0.631. The first-order valence-corrected chi connectivity index (χ1v) is 5.84. The number of ether oxygens (including phenoxy) is 1. The van der Waals surface area contributed by atoms with Crippen LogP contribution in [0.1, 0.15) is 39.0 Å². The van der Waals surface area contributed by atoms with Crippen LogP contribution in [0.5, 0.6) is 0 Å². The van der Waals surface area contributed by atoms with Crippen molar-refractivity contribution < 1.29 is 18.7 Å². The molecule has 0 aliphatic carbocycles. The number of hydrazine groups is 1. The van der Waals surface area contributed by atoms with Crippen LogP contribution in [0.2, 0.25) is 0 Å². The van der Waals surface area contributed by atoms with E-state index in [9.17, 15) is 9.59 Å². The number of hydrogen-bond acceptors (Lipinski definition) is 5. The van der Waals surface area contributed by atoms with Crippen LogP contribution in [0.25, 0.3) is 0 Å². The highest BCUT2D eigenvalue weighted by atomic mass is 16.6. The lowest BCUT2D eigenvalue weighted by molar-refractivity contribution is -0.121. The molecule has 0 saturated carbocycles. The average Bonchev–Trinajstić information content (AvgIpc) is 2.78. The second-order valence-corrected chi connectivity index (χ2v) is 4.99. The number of nitrogens with one attached hydrogen (secondary N) is 2. The zero-order valence-electron chi connectivity index (χ0n) is 11.2. The number of nitrogens with two attached hydrogens (primary N) is 1. The lowest BCUT2D eigenvalue weighted by Gasteiger charge is -2.22. The van der Waals surface area contributed by atoms with E-state index >= 15 is 0 Å². The van der Waals surface area contributed by atoms with E-state index in [1.54, 1.807) is 32.9 Å². The van der Waals surface area contributed by atoms with Gasteiger partial charge in [0.15, 0.2) is 0 Å². The first-order valence-electron chi connectivity index (χ1n) is 5.84. The molecule has 1 aromatic heterocycles. The van der Waals surface area contributed by atoms with E-state index in [0.29, 0.717) is 5.76 Å². The van der Waals surface area contributed by atoms with Gasteiger partial charge in [0.2, 0.25) is 5.91 Å². The molecule has 0 aliphatic heterocycles. The Bertz CT molecular complexity index is 423. The van der Waals surface area contributed by atoms with E-state index in [-0.39, 0.29) is 6.42 Å². The summed E-state index contributed by atoms with van der Waals surface area (Å²) < 4.78 is 10.3. The summed E-state index contributed by atoms with van der Waals surface area (Å²) in [4.78, 5) is 23.0. The molecule has 1 rings (SSSR count).